The molecule has 0 saturated carbocycles. The Bertz CT molecular complexity index is 276. The van der Waals surface area contributed by atoms with E-state index in [2.05, 4.69) is 5.32 Å². The van der Waals surface area contributed by atoms with Crippen molar-refractivity contribution < 1.29 is 19.1 Å². The van der Waals surface area contributed by atoms with Gasteiger partial charge in [0.1, 0.15) is 11.2 Å². The van der Waals surface area contributed by atoms with Crippen molar-refractivity contribution in [3.8, 4) is 0 Å². The Morgan fingerprint density at radius 2 is 2.00 bits per heavy atom. The number of carbonyl (C=O) groups excluding carboxylic acids is 2. The van der Waals surface area contributed by atoms with E-state index in [4.69, 9.17) is 9.47 Å². The van der Waals surface area contributed by atoms with E-state index in [1.165, 1.54) is 0 Å². The van der Waals surface area contributed by atoms with E-state index < -0.39 is 17.3 Å². The van der Waals surface area contributed by atoms with E-state index >= 15 is 0 Å². The summed E-state index contributed by atoms with van der Waals surface area (Å²) in [6.45, 7) is 7.37. The summed E-state index contributed by atoms with van der Waals surface area (Å²) in [5.74, 6) is -0.131. The molecule has 15 heavy (non-hydrogen) atoms. The lowest BCUT2D eigenvalue weighted by molar-refractivity contribution is -0.122. The Morgan fingerprint density at radius 1 is 1.47 bits per heavy atom. The van der Waals surface area contributed by atoms with Gasteiger partial charge in [-0.2, -0.15) is 0 Å². The number of rotatable bonds is 3. The number of ketones is 1. The minimum absolute atomic E-state index is 0.0502. The van der Waals surface area contributed by atoms with E-state index in [-0.39, 0.29) is 12.3 Å². The molecule has 0 aromatic rings. The van der Waals surface area contributed by atoms with Crippen LogP contribution in [0.2, 0.25) is 0 Å². The number of alkyl carbamates (subject to hydrolysis) is 1. The first kappa shape index (κ1) is 12.0. The highest BCUT2D eigenvalue weighted by molar-refractivity contribution is 5.92. The molecule has 0 bridgehead atoms. The second-order valence-electron chi connectivity index (χ2n) is 4.80. The van der Waals surface area contributed by atoms with Crippen LogP contribution < -0.4 is 5.32 Å². The van der Waals surface area contributed by atoms with Gasteiger partial charge in [0.2, 0.25) is 0 Å². The van der Waals surface area contributed by atoms with Crippen LogP contribution in [0.4, 0.5) is 4.79 Å². The number of carbonyl (C=O) groups is 2. The fourth-order valence-electron chi connectivity index (χ4n) is 0.923. The van der Waals surface area contributed by atoms with Crippen molar-refractivity contribution in [1.29, 1.82) is 0 Å². The summed E-state index contributed by atoms with van der Waals surface area (Å²) < 4.78 is 9.93. The van der Waals surface area contributed by atoms with Crippen molar-refractivity contribution in [3.05, 3.63) is 0 Å². The van der Waals surface area contributed by atoms with E-state index in [0.29, 0.717) is 6.61 Å². The maximum Gasteiger partial charge on any atom is 0.408 e. The molecule has 1 heterocycles. The lowest BCUT2D eigenvalue weighted by Crippen LogP contribution is -2.39. The molecule has 0 radical (unpaired) electrons. The Balaban J connectivity index is 2.25. The van der Waals surface area contributed by atoms with Crippen LogP contribution in [-0.4, -0.2) is 36.2 Å². The van der Waals surface area contributed by atoms with E-state index in [9.17, 15) is 9.59 Å². The molecule has 1 aliphatic rings. The molecule has 1 saturated heterocycles. The second-order valence-corrected chi connectivity index (χ2v) is 4.80. The highest BCUT2D eigenvalue weighted by atomic mass is 16.6. The van der Waals surface area contributed by atoms with Gasteiger partial charge >= 0.3 is 6.09 Å². The molecule has 86 valence electrons. The predicted octanol–water partition coefficient (Wildman–Crippen LogP) is 0.869. The third-order valence-electron chi connectivity index (χ3n) is 1.96. The number of hydrogen-bond donors (Lipinski definition) is 1. The quantitative estimate of drug-likeness (QED) is 0.709. The zero-order valence-electron chi connectivity index (χ0n) is 9.55. The number of Topliss-reactive ketones (excluding diaryl/α,β-unsaturated/α-hetero) is 1. The summed E-state index contributed by atoms with van der Waals surface area (Å²) >= 11 is 0. The van der Waals surface area contributed by atoms with Crippen LogP contribution in [-0.2, 0) is 14.3 Å². The topological polar surface area (TPSA) is 67.9 Å². The van der Waals surface area contributed by atoms with Gasteiger partial charge in [0.05, 0.1) is 13.2 Å². The summed E-state index contributed by atoms with van der Waals surface area (Å²) in [5, 5.41) is 2.39. The highest BCUT2D eigenvalue weighted by Gasteiger charge is 2.46. The van der Waals surface area contributed by atoms with Crippen molar-refractivity contribution in [2.24, 2.45) is 0 Å². The van der Waals surface area contributed by atoms with Gasteiger partial charge in [-0.3, -0.25) is 4.79 Å². The van der Waals surface area contributed by atoms with Gasteiger partial charge in [0, 0.05) is 0 Å². The van der Waals surface area contributed by atoms with Crippen molar-refractivity contribution in [1.82, 2.24) is 5.32 Å². The number of epoxide rings is 1. The van der Waals surface area contributed by atoms with Crippen molar-refractivity contribution in [3.63, 3.8) is 0 Å². The summed E-state index contributed by atoms with van der Waals surface area (Å²) in [5.41, 5.74) is -1.23. The molecule has 1 amide bonds. The monoisotopic (exact) mass is 215 g/mol. The average molecular weight is 215 g/mol. The molecule has 1 aliphatic heterocycles. The zero-order chi connectivity index (χ0) is 11.7. The molecular weight excluding hydrogens is 198 g/mol. The molecule has 5 heteroatoms. The van der Waals surface area contributed by atoms with Gasteiger partial charge in [-0.25, -0.2) is 4.79 Å². The molecule has 0 aliphatic carbocycles. The molecule has 0 aromatic heterocycles. The molecule has 1 N–H and O–H groups in total. The smallest absolute Gasteiger partial charge is 0.408 e. The fourth-order valence-corrected chi connectivity index (χ4v) is 0.923. The van der Waals surface area contributed by atoms with Crippen molar-refractivity contribution in [2.45, 2.75) is 38.9 Å². The Hall–Kier alpha value is -1.10. The average Bonchev–Trinajstić information content (AvgIpc) is 2.77. The van der Waals surface area contributed by atoms with Gasteiger partial charge in [-0.15, -0.1) is 0 Å². The van der Waals surface area contributed by atoms with Gasteiger partial charge in [-0.05, 0) is 27.7 Å². The van der Waals surface area contributed by atoms with Crippen molar-refractivity contribution in [2.75, 3.05) is 13.2 Å². The highest BCUT2D eigenvalue weighted by Crippen LogP contribution is 2.26. The second kappa shape index (κ2) is 3.81. The number of ether oxygens (including phenoxy) is 2. The molecule has 0 aromatic carbocycles. The summed E-state index contributed by atoms with van der Waals surface area (Å²) in [4.78, 5) is 22.6. The first-order valence-corrected chi connectivity index (χ1v) is 4.87. The molecule has 0 unspecified atom stereocenters. The third kappa shape index (κ3) is 3.87. The number of amides is 1. The van der Waals surface area contributed by atoms with Gasteiger partial charge < -0.3 is 14.8 Å². The first-order valence-electron chi connectivity index (χ1n) is 4.87. The standard InChI is InChI=1S/C10H17NO4/c1-9(2,3)15-8(13)11-5-7(12)10(4)6-14-10/h5-6H2,1-4H3,(H,11,13)/t10-/m0/s1. The SMILES string of the molecule is CC(C)(C)OC(=O)NCC(=O)[C@]1(C)CO1. The van der Waals surface area contributed by atoms with Gasteiger partial charge in [0.25, 0.3) is 0 Å². The normalized spacial score (nSPS) is 24.5. The molecule has 1 fully saturated rings. The number of nitrogens with one attached hydrogen (secondary N) is 1. The molecule has 5 nitrogen and oxygen atoms in total. The largest absolute Gasteiger partial charge is 0.444 e. The lowest BCUT2D eigenvalue weighted by Gasteiger charge is -2.19. The van der Waals surface area contributed by atoms with Gasteiger partial charge in [-0.1, -0.05) is 0 Å². The Kier molecular flexibility index (Phi) is 3.04. The minimum Gasteiger partial charge on any atom is -0.444 e. The molecule has 0 spiro atoms. The van der Waals surface area contributed by atoms with Crippen LogP contribution in [0, 0.1) is 0 Å². The maximum atomic E-state index is 11.4. The van der Waals surface area contributed by atoms with Crippen LogP contribution >= 0.6 is 0 Å². The Labute approximate surface area is 89.1 Å². The first-order chi connectivity index (χ1) is 6.73. The molecule has 1 atom stereocenters. The van der Waals surface area contributed by atoms with Crippen LogP contribution in [0.3, 0.4) is 0 Å². The van der Waals surface area contributed by atoms with Crippen molar-refractivity contribution >= 4 is 11.9 Å². The van der Waals surface area contributed by atoms with E-state index in [1.807, 2.05) is 0 Å². The lowest BCUT2D eigenvalue weighted by atomic mass is 10.1. The maximum absolute atomic E-state index is 11.4. The zero-order valence-corrected chi connectivity index (χ0v) is 9.55. The van der Waals surface area contributed by atoms with E-state index in [0.717, 1.165) is 0 Å². The molecule has 1 rings (SSSR count). The minimum atomic E-state index is -0.686. The van der Waals surface area contributed by atoms with Crippen LogP contribution in [0.5, 0.6) is 0 Å². The fraction of sp³-hybridized carbons (Fsp3) is 0.800. The van der Waals surface area contributed by atoms with E-state index in [1.54, 1.807) is 27.7 Å². The third-order valence-corrected chi connectivity index (χ3v) is 1.96. The molecular formula is C10H17NO4. The predicted molar refractivity (Wildman–Crippen MR) is 53.6 cm³/mol. The van der Waals surface area contributed by atoms with Crippen LogP contribution in [0.25, 0.3) is 0 Å². The Morgan fingerprint density at radius 3 is 2.40 bits per heavy atom. The summed E-state index contributed by atoms with van der Waals surface area (Å²) in [6.07, 6.45) is -0.583. The number of hydrogen-bond acceptors (Lipinski definition) is 4. The van der Waals surface area contributed by atoms with Crippen LogP contribution in [0.15, 0.2) is 0 Å². The summed E-state index contributed by atoms with van der Waals surface area (Å²) in [7, 11) is 0. The van der Waals surface area contributed by atoms with Gasteiger partial charge in [0.15, 0.2) is 5.78 Å². The van der Waals surface area contributed by atoms with Crippen LogP contribution in [0.1, 0.15) is 27.7 Å². The summed E-state index contributed by atoms with van der Waals surface area (Å²) in [6, 6.07) is 0.